The average molecular weight is 331 g/mol. The predicted molar refractivity (Wildman–Crippen MR) is 85.2 cm³/mol. The molecule has 4 nitrogen and oxygen atoms in total. The van der Waals surface area contributed by atoms with Crippen LogP contribution in [0.15, 0.2) is 54.9 Å². The largest absolute Gasteiger partial charge is 0.433 e. The Balaban J connectivity index is 1.66. The second kappa shape index (κ2) is 6.19. The van der Waals surface area contributed by atoms with Gasteiger partial charge in [0.1, 0.15) is 5.69 Å². The van der Waals surface area contributed by atoms with E-state index in [0.29, 0.717) is 11.3 Å². The van der Waals surface area contributed by atoms with Crippen molar-refractivity contribution in [2.45, 2.75) is 6.18 Å². The van der Waals surface area contributed by atoms with Crippen LogP contribution in [0.3, 0.4) is 0 Å². The molecule has 0 aliphatic carbocycles. The number of aromatic nitrogens is 2. The van der Waals surface area contributed by atoms with Crippen LogP contribution in [0.2, 0.25) is 0 Å². The van der Waals surface area contributed by atoms with E-state index in [2.05, 4.69) is 15.3 Å². The minimum absolute atomic E-state index is 0.388. The Morgan fingerprint density at radius 1 is 1.17 bits per heavy atom. The van der Waals surface area contributed by atoms with E-state index in [1.165, 1.54) is 18.2 Å². The number of hydrogen-bond acceptors (Lipinski definition) is 2. The van der Waals surface area contributed by atoms with Gasteiger partial charge in [-0.3, -0.25) is 9.78 Å². The van der Waals surface area contributed by atoms with Gasteiger partial charge < -0.3 is 10.3 Å². The third-order valence-corrected chi connectivity index (χ3v) is 3.33. The normalized spacial score (nSPS) is 12.0. The summed E-state index contributed by atoms with van der Waals surface area (Å²) in [5.41, 5.74) is 0.940. The number of carbonyl (C=O) groups is 1. The van der Waals surface area contributed by atoms with Crippen molar-refractivity contribution < 1.29 is 18.0 Å². The lowest BCUT2D eigenvalue weighted by Crippen LogP contribution is -2.08. The van der Waals surface area contributed by atoms with Crippen LogP contribution in [0.1, 0.15) is 11.3 Å². The number of amides is 1. The summed E-state index contributed by atoms with van der Waals surface area (Å²) in [6, 6.07) is 9.47. The van der Waals surface area contributed by atoms with E-state index in [0.717, 1.165) is 23.2 Å². The average Bonchev–Trinajstić information content (AvgIpc) is 3.00. The molecule has 0 spiro atoms. The highest BCUT2D eigenvalue weighted by Crippen LogP contribution is 2.27. The Kier molecular flexibility index (Phi) is 4.07. The zero-order valence-electron chi connectivity index (χ0n) is 12.3. The molecule has 0 fully saturated rings. The molecule has 0 saturated carbocycles. The Morgan fingerprint density at radius 2 is 2.00 bits per heavy atom. The molecular formula is C17H12F3N3O. The number of nitrogens with one attached hydrogen (secondary N) is 2. The third-order valence-electron chi connectivity index (χ3n) is 3.33. The molecule has 0 aliphatic rings. The van der Waals surface area contributed by atoms with Crippen LogP contribution < -0.4 is 5.32 Å². The molecule has 7 heteroatoms. The second-order valence-electron chi connectivity index (χ2n) is 5.08. The van der Waals surface area contributed by atoms with Gasteiger partial charge in [0.25, 0.3) is 0 Å². The number of nitrogens with zero attached hydrogens (tertiary/aromatic N) is 1. The maximum Gasteiger partial charge on any atom is 0.433 e. The van der Waals surface area contributed by atoms with Gasteiger partial charge >= 0.3 is 6.18 Å². The number of halogens is 3. The van der Waals surface area contributed by atoms with Crippen molar-refractivity contribution in [2.75, 3.05) is 5.32 Å². The smallest absolute Gasteiger partial charge is 0.361 e. The first kappa shape index (κ1) is 15.8. The van der Waals surface area contributed by atoms with Crippen molar-refractivity contribution in [1.82, 2.24) is 9.97 Å². The van der Waals surface area contributed by atoms with Crippen LogP contribution in [-0.4, -0.2) is 15.9 Å². The Hall–Kier alpha value is -3.09. The number of rotatable bonds is 3. The van der Waals surface area contributed by atoms with E-state index >= 15 is 0 Å². The van der Waals surface area contributed by atoms with Crippen LogP contribution in [0.4, 0.5) is 18.9 Å². The first-order valence-corrected chi connectivity index (χ1v) is 7.01. The summed E-state index contributed by atoms with van der Waals surface area (Å²) in [5.74, 6) is -0.388. The molecule has 24 heavy (non-hydrogen) atoms. The van der Waals surface area contributed by atoms with Gasteiger partial charge in [-0.1, -0.05) is 12.1 Å². The molecule has 0 atom stereocenters. The van der Waals surface area contributed by atoms with Crippen molar-refractivity contribution in [2.24, 2.45) is 0 Å². The summed E-state index contributed by atoms with van der Waals surface area (Å²) in [6.07, 6.45) is 1.03. The highest BCUT2D eigenvalue weighted by Gasteiger charge is 2.31. The molecule has 122 valence electrons. The molecule has 0 bridgehead atoms. The van der Waals surface area contributed by atoms with Gasteiger partial charge in [0.2, 0.25) is 5.91 Å². The predicted octanol–water partition coefficient (Wildman–Crippen LogP) is 4.23. The summed E-state index contributed by atoms with van der Waals surface area (Å²) in [6.45, 7) is 0. The maximum absolute atomic E-state index is 12.4. The van der Waals surface area contributed by atoms with Gasteiger partial charge in [0.05, 0.1) is 0 Å². The van der Waals surface area contributed by atoms with Crippen LogP contribution in [-0.2, 0) is 11.0 Å². The molecule has 3 aromatic rings. The first-order chi connectivity index (χ1) is 11.4. The summed E-state index contributed by atoms with van der Waals surface area (Å²) in [4.78, 5) is 18.2. The standard InChI is InChI=1S/C17H12F3N3O/c18-17(19,20)15-5-1-11(10-22-15)2-6-16(24)23-13-4-3-12-7-8-21-14(12)9-13/h1-10,21H,(H,23,24). The fourth-order valence-electron chi connectivity index (χ4n) is 2.15. The SMILES string of the molecule is O=C(C=Cc1ccc(C(F)(F)F)nc1)Nc1ccc2cc[nH]c2c1. The number of benzene rings is 1. The van der Waals surface area contributed by atoms with E-state index < -0.39 is 11.9 Å². The van der Waals surface area contributed by atoms with Crippen LogP contribution >= 0.6 is 0 Å². The fraction of sp³-hybridized carbons (Fsp3) is 0.0588. The Morgan fingerprint density at radius 3 is 2.71 bits per heavy atom. The zero-order chi connectivity index (χ0) is 17.2. The summed E-state index contributed by atoms with van der Waals surface area (Å²) in [5, 5.41) is 3.71. The molecule has 1 aromatic carbocycles. The fourth-order valence-corrected chi connectivity index (χ4v) is 2.15. The van der Waals surface area contributed by atoms with E-state index in [1.807, 2.05) is 12.1 Å². The van der Waals surface area contributed by atoms with Gasteiger partial charge in [0.15, 0.2) is 0 Å². The number of H-pyrrole nitrogens is 1. The van der Waals surface area contributed by atoms with Crippen molar-refractivity contribution >= 4 is 28.6 Å². The highest BCUT2D eigenvalue weighted by molar-refractivity contribution is 6.02. The van der Waals surface area contributed by atoms with Gasteiger partial charge in [0, 0.05) is 29.7 Å². The maximum atomic E-state index is 12.4. The Labute approximate surface area is 135 Å². The van der Waals surface area contributed by atoms with Gasteiger partial charge in [-0.25, -0.2) is 0 Å². The van der Waals surface area contributed by atoms with Crippen molar-refractivity contribution in [3.8, 4) is 0 Å². The number of carbonyl (C=O) groups excluding carboxylic acids is 1. The number of hydrogen-bond donors (Lipinski definition) is 2. The minimum atomic E-state index is -4.48. The van der Waals surface area contributed by atoms with Crippen LogP contribution in [0.25, 0.3) is 17.0 Å². The van der Waals surface area contributed by atoms with Crippen molar-refractivity contribution in [3.05, 3.63) is 66.1 Å². The molecule has 0 aliphatic heterocycles. The lowest BCUT2D eigenvalue weighted by molar-refractivity contribution is -0.141. The summed E-state index contributed by atoms with van der Waals surface area (Å²) < 4.78 is 37.2. The molecule has 3 rings (SSSR count). The Bertz CT molecular complexity index is 895. The molecule has 2 heterocycles. The lowest BCUT2D eigenvalue weighted by Gasteiger charge is -2.05. The van der Waals surface area contributed by atoms with E-state index in [-0.39, 0.29) is 5.91 Å². The van der Waals surface area contributed by atoms with E-state index in [1.54, 1.807) is 18.3 Å². The number of alkyl halides is 3. The topological polar surface area (TPSA) is 57.8 Å². The van der Waals surface area contributed by atoms with E-state index in [4.69, 9.17) is 0 Å². The molecular weight excluding hydrogens is 319 g/mol. The van der Waals surface area contributed by atoms with E-state index in [9.17, 15) is 18.0 Å². The number of anilines is 1. The lowest BCUT2D eigenvalue weighted by atomic mass is 10.2. The van der Waals surface area contributed by atoms with Gasteiger partial charge in [-0.05, 0) is 41.3 Å². The quantitative estimate of drug-likeness (QED) is 0.706. The molecule has 0 saturated heterocycles. The zero-order valence-corrected chi connectivity index (χ0v) is 12.3. The first-order valence-electron chi connectivity index (χ1n) is 7.01. The molecule has 2 aromatic heterocycles. The van der Waals surface area contributed by atoms with Gasteiger partial charge in [-0.2, -0.15) is 13.2 Å². The number of aromatic amines is 1. The molecule has 1 amide bonds. The number of pyridine rings is 1. The third kappa shape index (κ3) is 3.62. The van der Waals surface area contributed by atoms with Crippen LogP contribution in [0, 0.1) is 0 Å². The highest BCUT2D eigenvalue weighted by atomic mass is 19.4. The number of fused-ring (bicyclic) bond motifs is 1. The second-order valence-corrected chi connectivity index (χ2v) is 5.08. The van der Waals surface area contributed by atoms with Crippen LogP contribution in [0.5, 0.6) is 0 Å². The molecule has 0 unspecified atom stereocenters. The monoisotopic (exact) mass is 331 g/mol. The van der Waals surface area contributed by atoms with Gasteiger partial charge in [-0.15, -0.1) is 0 Å². The summed E-state index contributed by atoms with van der Waals surface area (Å²) >= 11 is 0. The van der Waals surface area contributed by atoms with Crippen molar-refractivity contribution in [1.29, 1.82) is 0 Å². The molecule has 0 radical (unpaired) electrons. The minimum Gasteiger partial charge on any atom is -0.361 e. The summed E-state index contributed by atoms with van der Waals surface area (Å²) in [7, 11) is 0. The molecule has 2 N–H and O–H groups in total. The van der Waals surface area contributed by atoms with Crippen molar-refractivity contribution in [3.63, 3.8) is 0 Å².